The van der Waals surface area contributed by atoms with E-state index in [4.69, 9.17) is 0 Å². The van der Waals surface area contributed by atoms with Crippen LogP contribution < -0.4 is 0 Å². The third-order valence-electron chi connectivity index (χ3n) is 1.08. The number of hydrogen-bond acceptors (Lipinski definition) is 0. The van der Waals surface area contributed by atoms with Crippen LogP contribution in [0.4, 0.5) is 0 Å². The lowest BCUT2D eigenvalue weighted by atomic mass is 10.3. The molecule has 0 aromatic rings. The molecule has 32 valence electrons. The summed E-state index contributed by atoms with van der Waals surface area (Å²) >= 11 is 0. The van der Waals surface area contributed by atoms with Crippen molar-refractivity contribution < 1.29 is 4.58 Å². The fraction of sp³-hybridized carbons (Fsp3) is 0.600. The third-order valence-corrected chi connectivity index (χ3v) is 1.08. The van der Waals surface area contributed by atoms with E-state index in [0.717, 1.165) is 0 Å². The summed E-state index contributed by atoms with van der Waals surface area (Å²) in [5.74, 6) is 2.78. The van der Waals surface area contributed by atoms with Gasteiger partial charge in [-0.25, -0.2) is 0 Å². The minimum absolute atomic E-state index is 1.17. The first kappa shape index (κ1) is 3.63. The zero-order valence-corrected chi connectivity index (χ0v) is 3.78. The molecule has 0 unspecified atom stereocenters. The summed E-state index contributed by atoms with van der Waals surface area (Å²) in [6, 6.07) is 0. The van der Waals surface area contributed by atoms with Crippen LogP contribution in [0, 0.1) is 0 Å². The Hall–Kier alpha value is -0.550. The lowest BCUT2D eigenvalue weighted by molar-refractivity contribution is -0.576. The van der Waals surface area contributed by atoms with E-state index < -0.39 is 0 Å². The molecule has 1 aliphatic rings. The SMILES string of the molecule is C=C=[N+]1CCC1. The maximum Gasteiger partial charge on any atom is 0.159 e. The van der Waals surface area contributed by atoms with Crippen LogP contribution in [0.15, 0.2) is 6.58 Å². The highest BCUT2D eigenvalue weighted by Crippen LogP contribution is 1.92. The van der Waals surface area contributed by atoms with E-state index in [1.54, 1.807) is 0 Å². The molecule has 0 radical (unpaired) electrons. The number of rotatable bonds is 0. The second kappa shape index (κ2) is 1.27. The second-order valence-corrected chi connectivity index (χ2v) is 1.50. The second-order valence-electron chi connectivity index (χ2n) is 1.50. The van der Waals surface area contributed by atoms with Gasteiger partial charge >= 0.3 is 0 Å². The molecule has 0 aromatic heterocycles. The average Bonchev–Trinajstić information content (AvgIpc) is 1.31. The van der Waals surface area contributed by atoms with Gasteiger partial charge in [0.2, 0.25) is 0 Å². The minimum Gasteiger partial charge on any atom is -0.188 e. The van der Waals surface area contributed by atoms with Crippen molar-refractivity contribution in [1.29, 1.82) is 0 Å². The molecule has 0 bridgehead atoms. The van der Waals surface area contributed by atoms with Crippen LogP contribution in [0.5, 0.6) is 0 Å². The molecule has 0 N–H and O–H groups in total. The Labute approximate surface area is 37.6 Å². The van der Waals surface area contributed by atoms with Gasteiger partial charge in [0.15, 0.2) is 19.0 Å². The van der Waals surface area contributed by atoms with Gasteiger partial charge in [0.05, 0.1) is 6.42 Å². The molecule has 0 aliphatic carbocycles. The molecule has 1 saturated heterocycles. The molecule has 1 nitrogen and oxygen atoms in total. The molecular formula is C5H8N+. The summed E-state index contributed by atoms with van der Waals surface area (Å²) in [6.07, 6.45) is 1.32. The monoisotopic (exact) mass is 82.1 g/mol. The van der Waals surface area contributed by atoms with Crippen molar-refractivity contribution in [2.45, 2.75) is 6.42 Å². The van der Waals surface area contributed by atoms with Crippen molar-refractivity contribution in [3.63, 3.8) is 0 Å². The average molecular weight is 82.1 g/mol. The van der Waals surface area contributed by atoms with Crippen LogP contribution in [0.25, 0.3) is 0 Å². The Bertz CT molecular complexity index is 92.5. The van der Waals surface area contributed by atoms with Crippen molar-refractivity contribution in [2.75, 3.05) is 13.1 Å². The van der Waals surface area contributed by atoms with Gasteiger partial charge in [-0.2, -0.15) is 4.58 Å². The van der Waals surface area contributed by atoms with Gasteiger partial charge in [0.1, 0.15) is 0 Å². The predicted octanol–water partition coefficient (Wildman–Crippen LogP) is 0.258. The maximum absolute atomic E-state index is 3.48. The molecule has 1 rings (SSSR count). The molecule has 1 aliphatic heterocycles. The first-order valence-electron chi connectivity index (χ1n) is 2.21. The summed E-state index contributed by atoms with van der Waals surface area (Å²) in [4.78, 5) is 0. The lowest BCUT2D eigenvalue weighted by Gasteiger charge is -2.04. The Kier molecular flexibility index (Phi) is 0.771. The first-order valence-corrected chi connectivity index (χ1v) is 2.21. The van der Waals surface area contributed by atoms with Gasteiger partial charge in [-0.1, -0.05) is 0 Å². The third kappa shape index (κ3) is 0.373. The van der Waals surface area contributed by atoms with E-state index in [1.807, 2.05) is 0 Å². The largest absolute Gasteiger partial charge is 0.188 e. The van der Waals surface area contributed by atoms with Gasteiger partial charge < -0.3 is 0 Å². The fourth-order valence-electron chi connectivity index (χ4n) is 0.474. The summed E-state index contributed by atoms with van der Waals surface area (Å²) in [7, 11) is 0. The summed E-state index contributed by atoms with van der Waals surface area (Å²) in [6.45, 7) is 5.82. The van der Waals surface area contributed by atoms with Gasteiger partial charge in [0, 0.05) is 6.58 Å². The van der Waals surface area contributed by atoms with Crippen molar-refractivity contribution in [3.8, 4) is 0 Å². The molecule has 0 amide bonds. The normalized spacial score (nSPS) is 19.0. The molecule has 1 heteroatoms. The van der Waals surface area contributed by atoms with Crippen LogP contribution in [-0.2, 0) is 0 Å². The summed E-state index contributed by atoms with van der Waals surface area (Å²) in [5.41, 5.74) is 0. The Balaban J connectivity index is 2.55. The Morgan fingerprint density at radius 2 is 2.17 bits per heavy atom. The molecule has 6 heavy (non-hydrogen) atoms. The quantitative estimate of drug-likeness (QED) is 0.369. The molecule has 1 heterocycles. The first-order chi connectivity index (χ1) is 2.93. The molecule has 0 aromatic carbocycles. The number of hydrogen-bond donors (Lipinski definition) is 0. The predicted molar refractivity (Wildman–Crippen MR) is 25.2 cm³/mol. The van der Waals surface area contributed by atoms with Crippen LogP contribution in [-0.4, -0.2) is 23.5 Å². The lowest BCUT2D eigenvalue weighted by Crippen LogP contribution is -2.26. The van der Waals surface area contributed by atoms with E-state index in [0.29, 0.717) is 0 Å². The van der Waals surface area contributed by atoms with Crippen LogP contribution in [0.2, 0.25) is 0 Å². The highest BCUT2D eigenvalue weighted by atomic mass is 15.0. The maximum atomic E-state index is 3.48. The molecule has 0 spiro atoms. The molecular weight excluding hydrogens is 74.1 g/mol. The van der Waals surface area contributed by atoms with E-state index in [1.165, 1.54) is 19.5 Å². The summed E-state index contributed by atoms with van der Waals surface area (Å²) in [5, 5.41) is 0. The zero-order chi connectivity index (χ0) is 4.41. The van der Waals surface area contributed by atoms with Crippen LogP contribution in [0.3, 0.4) is 0 Å². The summed E-state index contributed by atoms with van der Waals surface area (Å²) < 4.78 is 2.07. The minimum atomic E-state index is 1.17. The van der Waals surface area contributed by atoms with Gasteiger partial charge in [0.25, 0.3) is 0 Å². The van der Waals surface area contributed by atoms with Crippen molar-refractivity contribution >= 4 is 5.87 Å². The van der Waals surface area contributed by atoms with E-state index in [-0.39, 0.29) is 0 Å². The zero-order valence-electron chi connectivity index (χ0n) is 3.78. The van der Waals surface area contributed by atoms with E-state index >= 15 is 0 Å². The van der Waals surface area contributed by atoms with Crippen molar-refractivity contribution in [1.82, 2.24) is 0 Å². The van der Waals surface area contributed by atoms with Crippen LogP contribution >= 0.6 is 0 Å². The van der Waals surface area contributed by atoms with Crippen molar-refractivity contribution in [2.24, 2.45) is 0 Å². The fourth-order valence-corrected chi connectivity index (χ4v) is 0.474. The van der Waals surface area contributed by atoms with Gasteiger partial charge in [-0.3, -0.25) is 0 Å². The van der Waals surface area contributed by atoms with Gasteiger partial charge in [-0.05, 0) is 0 Å². The molecule has 0 atom stereocenters. The van der Waals surface area contributed by atoms with Crippen molar-refractivity contribution in [3.05, 3.63) is 6.58 Å². The number of nitrogens with zero attached hydrogens (tertiary/aromatic N) is 1. The topological polar surface area (TPSA) is 3.01 Å². The molecule has 1 fully saturated rings. The Morgan fingerprint density at radius 3 is 2.17 bits per heavy atom. The smallest absolute Gasteiger partial charge is 0.159 e. The highest BCUT2D eigenvalue weighted by molar-refractivity contribution is 5.40. The van der Waals surface area contributed by atoms with Crippen LogP contribution in [0.1, 0.15) is 6.42 Å². The highest BCUT2D eigenvalue weighted by Gasteiger charge is 2.12. The van der Waals surface area contributed by atoms with E-state index in [9.17, 15) is 0 Å². The van der Waals surface area contributed by atoms with E-state index in [2.05, 4.69) is 17.0 Å². The van der Waals surface area contributed by atoms with Gasteiger partial charge in [-0.15, -0.1) is 0 Å². The molecule has 0 saturated carbocycles. The standard InChI is InChI=1S/C5H8N/c1-2-6-4-3-5-6/h1,3-5H2/q+1. The Morgan fingerprint density at radius 1 is 1.50 bits per heavy atom.